The molecule has 0 aliphatic heterocycles. The average Bonchev–Trinajstić information content (AvgIpc) is 2.88. The Labute approximate surface area is 141 Å². The molecule has 0 saturated heterocycles. The first-order valence-corrected chi connectivity index (χ1v) is 7.72. The lowest BCUT2D eigenvalue weighted by Gasteiger charge is -2.05. The van der Waals surface area contributed by atoms with Gasteiger partial charge in [0.05, 0.1) is 19.1 Å². The maximum absolute atomic E-state index is 12.1. The molecule has 0 atom stereocenters. The van der Waals surface area contributed by atoms with Crippen molar-refractivity contribution < 1.29 is 23.5 Å². The van der Waals surface area contributed by atoms with Gasteiger partial charge in [-0.15, -0.1) is 0 Å². The topological polar surface area (TPSA) is 77.8 Å². The summed E-state index contributed by atoms with van der Waals surface area (Å²) < 4.78 is 16.5. The van der Waals surface area contributed by atoms with Crippen molar-refractivity contribution in [1.82, 2.24) is 0 Å². The first-order valence-electron chi connectivity index (χ1n) is 6.93. The van der Waals surface area contributed by atoms with Crippen LogP contribution in [0.4, 0.5) is 5.69 Å². The predicted octanol–water partition coefficient (Wildman–Crippen LogP) is 3.90. The molecule has 1 amide bonds. The maximum atomic E-state index is 12.1. The third-order valence-corrected chi connectivity index (χ3v) is 3.66. The number of carbonyl (C=O) groups is 2. The van der Waals surface area contributed by atoms with Gasteiger partial charge < -0.3 is 19.2 Å². The van der Waals surface area contributed by atoms with Gasteiger partial charge in [-0.2, -0.15) is 0 Å². The highest BCUT2D eigenvalue weighted by Crippen LogP contribution is 2.41. The van der Waals surface area contributed by atoms with Crippen molar-refractivity contribution in [1.29, 1.82) is 0 Å². The van der Waals surface area contributed by atoms with E-state index in [2.05, 4.69) is 21.2 Å². The van der Waals surface area contributed by atoms with Crippen LogP contribution in [-0.2, 0) is 9.53 Å². The molecule has 1 heterocycles. The highest BCUT2D eigenvalue weighted by molar-refractivity contribution is 9.10. The Morgan fingerprint density at radius 1 is 1.39 bits per heavy atom. The highest BCUT2D eigenvalue weighted by Gasteiger charge is 2.26. The van der Waals surface area contributed by atoms with Crippen LogP contribution in [0.1, 0.15) is 24.4 Å². The number of methoxy groups -OCH3 is 1. The fourth-order valence-electron chi connectivity index (χ4n) is 2.08. The van der Waals surface area contributed by atoms with Crippen molar-refractivity contribution in [3.8, 4) is 5.75 Å². The van der Waals surface area contributed by atoms with Crippen molar-refractivity contribution >= 4 is 44.5 Å². The van der Waals surface area contributed by atoms with Gasteiger partial charge in [-0.25, -0.2) is 4.79 Å². The first kappa shape index (κ1) is 17.1. The Bertz CT molecular complexity index is 778. The lowest BCUT2D eigenvalue weighted by molar-refractivity contribution is -0.111. The Morgan fingerprint density at radius 3 is 2.74 bits per heavy atom. The normalized spacial score (nSPS) is 11.0. The van der Waals surface area contributed by atoms with Crippen molar-refractivity contribution in [2.45, 2.75) is 13.8 Å². The maximum Gasteiger partial charge on any atom is 0.376 e. The van der Waals surface area contributed by atoms with Crippen LogP contribution in [0, 0.1) is 0 Å². The van der Waals surface area contributed by atoms with E-state index in [9.17, 15) is 9.59 Å². The van der Waals surface area contributed by atoms with E-state index in [4.69, 9.17) is 13.9 Å². The number of nitrogens with one attached hydrogen (secondary N) is 1. The largest absolute Gasteiger partial charge is 0.493 e. The molecule has 1 aromatic carbocycles. The van der Waals surface area contributed by atoms with Crippen molar-refractivity contribution in [2.24, 2.45) is 0 Å². The standard InChI is InChI=1S/C16H16BrNO5/c1-4-6-11(19)18-13-12-9(17)7-8-10(21-3)14(12)23-15(13)16(20)22-5-2/h4,6-8H,5H2,1-3H3,(H,18,19)/b6-4+. The lowest BCUT2D eigenvalue weighted by Crippen LogP contribution is -2.12. The minimum atomic E-state index is -0.659. The fourth-order valence-corrected chi connectivity index (χ4v) is 2.59. The van der Waals surface area contributed by atoms with Gasteiger partial charge in [0.15, 0.2) is 11.3 Å². The lowest BCUT2D eigenvalue weighted by atomic mass is 10.2. The summed E-state index contributed by atoms with van der Waals surface area (Å²) in [5, 5.41) is 3.19. The molecule has 6 nitrogen and oxygen atoms in total. The Hall–Kier alpha value is -2.28. The van der Waals surface area contributed by atoms with Crippen LogP contribution in [0.5, 0.6) is 5.75 Å². The molecule has 0 fully saturated rings. The number of carbonyl (C=O) groups excluding carboxylic acids is 2. The zero-order valence-electron chi connectivity index (χ0n) is 12.9. The van der Waals surface area contributed by atoms with Crippen molar-refractivity contribution in [2.75, 3.05) is 19.0 Å². The molecule has 0 spiro atoms. The van der Waals surface area contributed by atoms with Crippen molar-refractivity contribution in [3.05, 3.63) is 34.5 Å². The summed E-state index contributed by atoms with van der Waals surface area (Å²) >= 11 is 3.40. The quantitative estimate of drug-likeness (QED) is 0.627. The van der Waals surface area contributed by atoms with Gasteiger partial charge in [0.25, 0.3) is 0 Å². The predicted molar refractivity (Wildman–Crippen MR) is 89.9 cm³/mol. The summed E-state index contributed by atoms with van der Waals surface area (Å²) in [4.78, 5) is 24.1. The number of esters is 1. The van der Waals surface area contributed by atoms with E-state index >= 15 is 0 Å². The number of benzene rings is 1. The SMILES string of the molecule is C/C=C/C(=O)Nc1c(C(=O)OCC)oc2c(OC)ccc(Br)c12. The molecular weight excluding hydrogens is 366 g/mol. The van der Waals surface area contributed by atoms with Gasteiger partial charge in [-0.3, -0.25) is 4.79 Å². The van der Waals surface area contributed by atoms with Gasteiger partial charge in [-0.05, 0) is 48.0 Å². The molecule has 0 bridgehead atoms. The van der Waals surface area contributed by atoms with Crippen LogP contribution in [0.3, 0.4) is 0 Å². The number of allylic oxidation sites excluding steroid dienone is 1. The highest BCUT2D eigenvalue weighted by atomic mass is 79.9. The number of furan rings is 1. The second-order valence-electron chi connectivity index (χ2n) is 4.47. The monoisotopic (exact) mass is 381 g/mol. The summed E-state index contributed by atoms with van der Waals surface area (Å²) in [5.41, 5.74) is 0.591. The minimum absolute atomic E-state index is 0.0788. The van der Waals surface area contributed by atoms with E-state index < -0.39 is 5.97 Å². The number of hydrogen-bond donors (Lipinski definition) is 1. The third-order valence-electron chi connectivity index (χ3n) is 3.00. The van der Waals surface area contributed by atoms with Gasteiger partial charge in [0, 0.05) is 4.47 Å². The van der Waals surface area contributed by atoms with E-state index in [1.165, 1.54) is 13.2 Å². The number of ether oxygens (including phenoxy) is 2. The van der Waals surface area contributed by atoms with Crippen LogP contribution >= 0.6 is 15.9 Å². The van der Waals surface area contributed by atoms with Gasteiger partial charge in [0.1, 0.15) is 5.69 Å². The van der Waals surface area contributed by atoms with E-state index in [1.807, 2.05) is 0 Å². The average molecular weight is 382 g/mol. The number of amides is 1. The second kappa shape index (κ2) is 7.32. The molecule has 7 heteroatoms. The molecule has 2 rings (SSSR count). The van der Waals surface area contributed by atoms with Crippen LogP contribution < -0.4 is 10.1 Å². The van der Waals surface area contributed by atoms with Gasteiger partial charge in [0.2, 0.25) is 11.7 Å². The number of fused-ring (bicyclic) bond motifs is 1. The number of hydrogen-bond acceptors (Lipinski definition) is 5. The van der Waals surface area contributed by atoms with E-state index in [0.717, 1.165) is 0 Å². The van der Waals surface area contributed by atoms with Crippen molar-refractivity contribution in [3.63, 3.8) is 0 Å². The second-order valence-corrected chi connectivity index (χ2v) is 5.32. The number of rotatable bonds is 5. The molecule has 0 unspecified atom stereocenters. The fraction of sp³-hybridized carbons (Fsp3) is 0.250. The molecule has 2 aromatic rings. The van der Waals surface area contributed by atoms with Crippen LogP contribution in [0.2, 0.25) is 0 Å². The van der Waals surface area contributed by atoms with E-state index in [-0.39, 0.29) is 24.0 Å². The third kappa shape index (κ3) is 3.39. The van der Waals surface area contributed by atoms with Gasteiger partial charge in [-0.1, -0.05) is 6.08 Å². The molecule has 1 N–H and O–H groups in total. The Morgan fingerprint density at radius 2 is 2.13 bits per heavy atom. The molecule has 0 saturated carbocycles. The zero-order valence-corrected chi connectivity index (χ0v) is 14.5. The smallest absolute Gasteiger partial charge is 0.376 e. The number of anilines is 1. The van der Waals surface area contributed by atoms with E-state index in [1.54, 1.807) is 32.1 Å². The van der Waals surface area contributed by atoms with Crippen LogP contribution in [0.25, 0.3) is 11.0 Å². The molecular formula is C16H16BrNO5. The molecule has 0 aliphatic carbocycles. The minimum Gasteiger partial charge on any atom is -0.493 e. The molecule has 1 aromatic heterocycles. The summed E-state index contributed by atoms with van der Waals surface area (Å²) in [6, 6.07) is 3.44. The summed E-state index contributed by atoms with van der Waals surface area (Å²) in [7, 11) is 1.49. The summed E-state index contributed by atoms with van der Waals surface area (Å²) in [5.74, 6) is -0.672. The van der Waals surface area contributed by atoms with Crippen LogP contribution in [0.15, 0.2) is 33.2 Å². The molecule has 23 heavy (non-hydrogen) atoms. The molecule has 0 radical (unpaired) electrons. The van der Waals surface area contributed by atoms with Gasteiger partial charge >= 0.3 is 5.97 Å². The Kier molecular flexibility index (Phi) is 5.44. The molecule has 0 aliphatic rings. The Balaban J connectivity index is 2.69. The number of halogens is 1. The van der Waals surface area contributed by atoms with E-state index in [0.29, 0.717) is 21.2 Å². The molecule has 122 valence electrons. The summed E-state index contributed by atoms with van der Waals surface area (Å²) in [6.07, 6.45) is 2.94. The van der Waals surface area contributed by atoms with Crippen LogP contribution in [-0.4, -0.2) is 25.6 Å². The zero-order chi connectivity index (χ0) is 17.0. The summed E-state index contributed by atoms with van der Waals surface area (Å²) in [6.45, 7) is 3.60. The first-order chi connectivity index (χ1) is 11.0.